The van der Waals surface area contributed by atoms with E-state index in [0.717, 1.165) is 4.90 Å². The quantitative estimate of drug-likeness (QED) is 0.734. The van der Waals surface area contributed by atoms with E-state index in [1.54, 1.807) is 0 Å². The SMILES string of the molecule is NC(C1CCC(N2C(=O)CCC2=O)CC1)N1C(=O)C=CC1=O. The molecule has 1 saturated heterocycles. The minimum Gasteiger partial charge on any atom is -0.311 e. The number of likely N-dealkylation sites (tertiary alicyclic amines) is 1. The summed E-state index contributed by atoms with van der Waals surface area (Å²) in [5.41, 5.74) is 6.08. The van der Waals surface area contributed by atoms with Gasteiger partial charge in [-0.15, -0.1) is 0 Å². The average molecular weight is 305 g/mol. The van der Waals surface area contributed by atoms with Crippen LogP contribution in [0, 0.1) is 5.92 Å². The van der Waals surface area contributed by atoms with Gasteiger partial charge >= 0.3 is 0 Å². The lowest BCUT2D eigenvalue weighted by Crippen LogP contribution is -2.52. The summed E-state index contributed by atoms with van der Waals surface area (Å²) in [5.74, 6) is -0.912. The second-order valence-corrected chi connectivity index (χ2v) is 6.10. The number of imide groups is 2. The molecule has 2 aliphatic heterocycles. The van der Waals surface area contributed by atoms with Crippen molar-refractivity contribution in [1.29, 1.82) is 0 Å². The topological polar surface area (TPSA) is 101 Å². The van der Waals surface area contributed by atoms with Crippen LogP contribution in [0.4, 0.5) is 0 Å². The van der Waals surface area contributed by atoms with Gasteiger partial charge in [0.1, 0.15) is 0 Å². The van der Waals surface area contributed by atoms with E-state index < -0.39 is 6.17 Å². The van der Waals surface area contributed by atoms with Crippen LogP contribution in [0.3, 0.4) is 0 Å². The molecule has 2 fully saturated rings. The number of nitrogens with zero attached hydrogens (tertiary/aromatic N) is 2. The molecule has 0 aromatic carbocycles. The van der Waals surface area contributed by atoms with Crippen molar-refractivity contribution in [2.24, 2.45) is 11.7 Å². The Kier molecular flexibility index (Phi) is 3.82. The summed E-state index contributed by atoms with van der Waals surface area (Å²) in [4.78, 5) is 49.4. The Morgan fingerprint density at radius 1 is 0.909 bits per heavy atom. The summed E-state index contributed by atoms with van der Waals surface area (Å²) in [6.07, 6.45) is 5.19. The first-order valence-electron chi connectivity index (χ1n) is 7.64. The zero-order valence-electron chi connectivity index (χ0n) is 12.2. The maximum atomic E-state index is 11.8. The van der Waals surface area contributed by atoms with Crippen molar-refractivity contribution in [3.05, 3.63) is 12.2 Å². The Morgan fingerprint density at radius 2 is 1.41 bits per heavy atom. The van der Waals surface area contributed by atoms with Gasteiger partial charge < -0.3 is 5.73 Å². The summed E-state index contributed by atoms with van der Waals surface area (Å²) in [5, 5.41) is 0. The first kappa shape index (κ1) is 14.9. The lowest BCUT2D eigenvalue weighted by molar-refractivity contribution is -0.142. The van der Waals surface area contributed by atoms with E-state index in [1.807, 2.05) is 0 Å². The Morgan fingerprint density at radius 3 is 1.91 bits per heavy atom. The minimum atomic E-state index is -0.638. The maximum Gasteiger partial charge on any atom is 0.254 e. The largest absolute Gasteiger partial charge is 0.311 e. The van der Waals surface area contributed by atoms with Crippen LogP contribution in [0.15, 0.2) is 12.2 Å². The van der Waals surface area contributed by atoms with Gasteiger partial charge in [0.15, 0.2) is 0 Å². The fourth-order valence-electron chi connectivity index (χ4n) is 3.62. The molecule has 1 atom stereocenters. The molecule has 3 aliphatic rings. The van der Waals surface area contributed by atoms with Gasteiger partial charge in [0.2, 0.25) is 11.8 Å². The number of nitrogens with two attached hydrogens (primary N) is 1. The van der Waals surface area contributed by atoms with Crippen molar-refractivity contribution in [2.75, 3.05) is 0 Å². The van der Waals surface area contributed by atoms with Crippen LogP contribution in [0.2, 0.25) is 0 Å². The molecule has 3 rings (SSSR count). The van der Waals surface area contributed by atoms with Crippen LogP contribution >= 0.6 is 0 Å². The molecule has 7 nitrogen and oxygen atoms in total. The molecule has 1 saturated carbocycles. The molecule has 0 aromatic heterocycles. The van der Waals surface area contributed by atoms with Crippen molar-refractivity contribution in [3.8, 4) is 0 Å². The van der Waals surface area contributed by atoms with E-state index in [2.05, 4.69) is 0 Å². The third-order valence-electron chi connectivity index (χ3n) is 4.82. The summed E-state index contributed by atoms with van der Waals surface area (Å²) >= 11 is 0. The molecule has 1 unspecified atom stereocenters. The number of carbonyl (C=O) groups is 4. The molecule has 7 heteroatoms. The molecule has 22 heavy (non-hydrogen) atoms. The fourth-order valence-corrected chi connectivity index (χ4v) is 3.62. The van der Waals surface area contributed by atoms with E-state index in [9.17, 15) is 19.2 Å². The van der Waals surface area contributed by atoms with Crippen LogP contribution < -0.4 is 5.73 Å². The standard InChI is InChI=1S/C15H19N3O4/c16-15(18-13(21)7-8-14(18)22)9-1-3-10(4-2-9)17-11(19)5-6-12(17)20/h7-10,15H,1-6,16H2. The summed E-state index contributed by atoms with van der Waals surface area (Å²) in [7, 11) is 0. The van der Waals surface area contributed by atoms with Gasteiger partial charge in [0.25, 0.3) is 11.8 Å². The summed E-state index contributed by atoms with van der Waals surface area (Å²) in [6.45, 7) is 0. The van der Waals surface area contributed by atoms with E-state index in [1.165, 1.54) is 17.1 Å². The highest BCUT2D eigenvalue weighted by atomic mass is 16.2. The van der Waals surface area contributed by atoms with Gasteiger partial charge in [-0.1, -0.05) is 0 Å². The molecule has 0 radical (unpaired) electrons. The average Bonchev–Trinajstić information content (AvgIpc) is 3.01. The first-order chi connectivity index (χ1) is 10.5. The van der Waals surface area contributed by atoms with Crippen LogP contribution in [0.5, 0.6) is 0 Å². The number of rotatable bonds is 3. The second kappa shape index (κ2) is 5.64. The Bertz CT molecular complexity index is 529. The molecule has 0 aromatic rings. The van der Waals surface area contributed by atoms with E-state index in [4.69, 9.17) is 5.73 Å². The minimum absolute atomic E-state index is 0.0110. The first-order valence-corrected chi connectivity index (χ1v) is 7.64. The molecular formula is C15H19N3O4. The Balaban J connectivity index is 1.60. The molecule has 2 N–H and O–H groups in total. The Labute approximate surface area is 128 Å². The van der Waals surface area contributed by atoms with Crippen LogP contribution in [0.1, 0.15) is 38.5 Å². The Hall–Kier alpha value is -2.02. The van der Waals surface area contributed by atoms with E-state index in [-0.39, 0.29) is 35.6 Å². The van der Waals surface area contributed by atoms with Crippen molar-refractivity contribution >= 4 is 23.6 Å². The van der Waals surface area contributed by atoms with Crippen molar-refractivity contribution < 1.29 is 19.2 Å². The second-order valence-electron chi connectivity index (χ2n) is 6.10. The zero-order valence-corrected chi connectivity index (χ0v) is 12.2. The molecule has 4 amide bonds. The van der Waals surface area contributed by atoms with Crippen LogP contribution in [-0.2, 0) is 19.2 Å². The highest BCUT2D eigenvalue weighted by Crippen LogP contribution is 2.33. The van der Waals surface area contributed by atoms with Crippen LogP contribution in [0.25, 0.3) is 0 Å². The summed E-state index contributed by atoms with van der Waals surface area (Å²) < 4.78 is 0. The molecule has 0 bridgehead atoms. The third kappa shape index (κ3) is 2.45. The predicted molar refractivity (Wildman–Crippen MR) is 75.8 cm³/mol. The summed E-state index contributed by atoms with van der Waals surface area (Å²) in [6, 6.07) is -0.0611. The molecule has 118 valence electrons. The maximum absolute atomic E-state index is 11.8. The van der Waals surface area contributed by atoms with Crippen molar-refractivity contribution in [2.45, 2.75) is 50.7 Å². The zero-order chi connectivity index (χ0) is 15.9. The molecule has 2 heterocycles. The number of amides is 4. The molecule has 1 aliphatic carbocycles. The van der Waals surface area contributed by atoms with Crippen molar-refractivity contribution in [3.63, 3.8) is 0 Å². The predicted octanol–water partition coefficient (Wildman–Crippen LogP) is -0.0960. The van der Waals surface area contributed by atoms with Gasteiger partial charge in [-0.25, -0.2) is 0 Å². The number of hydrogen-bond donors (Lipinski definition) is 1. The van der Waals surface area contributed by atoms with E-state index >= 15 is 0 Å². The van der Waals surface area contributed by atoms with Gasteiger partial charge in [-0.2, -0.15) is 0 Å². The van der Waals surface area contributed by atoms with Gasteiger partial charge in [-0.3, -0.25) is 29.0 Å². The van der Waals surface area contributed by atoms with Gasteiger partial charge in [-0.05, 0) is 31.6 Å². The van der Waals surface area contributed by atoms with Gasteiger partial charge in [0, 0.05) is 31.0 Å². The molecule has 0 spiro atoms. The van der Waals surface area contributed by atoms with Gasteiger partial charge in [0.05, 0.1) is 6.17 Å². The van der Waals surface area contributed by atoms with Crippen LogP contribution in [-0.4, -0.2) is 45.6 Å². The normalized spacial score (nSPS) is 30.6. The van der Waals surface area contributed by atoms with Crippen molar-refractivity contribution in [1.82, 2.24) is 9.80 Å². The fraction of sp³-hybridized carbons (Fsp3) is 0.600. The highest BCUT2D eigenvalue weighted by Gasteiger charge is 2.40. The van der Waals surface area contributed by atoms with E-state index in [0.29, 0.717) is 38.5 Å². The lowest BCUT2D eigenvalue weighted by Gasteiger charge is -2.37. The third-order valence-corrected chi connectivity index (χ3v) is 4.82. The lowest BCUT2D eigenvalue weighted by atomic mass is 9.83. The number of hydrogen-bond acceptors (Lipinski definition) is 5. The monoisotopic (exact) mass is 305 g/mol. The highest BCUT2D eigenvalue weighted by molar-refractivity contribution is 6.13. The number of carbonyl (C=O) groups excluding carboxylic acids is 4. The smallest absolute Gasteiger partial charge is 0.254 e. The molecular weight excluding hydrogens is 286 g/mol.